The van der Waals surface area contributed by atoms with E-state index in [2.05, 4.69) is 43.4 Å². The first kappa shape index (κ1) is 21.0. The Hall–Kier alpha value is -2.73. The molecule has 0 aliphatic heterocycles. The summed E-state index contributed by atoms with van der Waals surface area (Å²) in [6.07, 6.45) is 0. The van der Waals surface area contributed by atoms with Gasteiger partial charge in [-0.3, -0.25) is 14.3 Å². The SMILES string of the molecule is Cc1c(NC(=O)CSCc2ccc(C(C)C)cc2)c(=O)n(-c2ccccc2)n1C. The topological polar surface area (TPSA) is 56.0 Å². The highest BCUT2D eigenvalue weighted by atomic mass is 32.2. The number of nitrogens with one attached hydrogen (secondary N) is 1. The van der Waals surface area contributed by atoms with Crippen molar-refractivity contribution in [3.05, 3.63) is 81.8 Å². The zero-order valence-electron chi connectivity index (χ0n) is 17.3. The number of benzene rings is 2. The van der Waals surface area contributed by atoms with Gasteiger partial charge in [-0.2, -0.15) is 0 Å². The number of nitrogens with zero attached hydrogens (tertiary/aromatic N) is 2. The lowest BCUT2D eigenvalue weighted by Gasteiger charge is -2.07. The molecule has 0 aliphatic rings. The molecule has 0 aliphatic carbocycles. The third-order valence-electron chi connectivity index (χ3n) is 4.97. The monoisotopic (exact) mass is 409 g/mol. The van der Waals surface area contributed by atoms with Crippen molar-refractivity contribution in [3.8, 4) is 5.69 Å². The Labute approximate surface area is 175 Å². The minimum absolute atomic E-state index is 0.167. The first-order valence-electron chi connectivity index (χ1n) is 9.69. The number of rotatable bonds is 7. The van der Waals surface area contributed by atoms with Crippen LogP contribution >= 0.6 is 11.8 Å². The molecule has 6 heteroatoms. The normalized spacial score (nSPS) is 11.1. The molecule has 2 aromatic carbocycles. The molecule has 0 radical (unpaired) electrons. The van der Waals surface area contributed by atoms with Crippen LogP contribution in [0.1, 0.15) is 36.6 Å². The summed E-state index contributed by atoms with van der Waals surface area (Å²) in [5.41, 5.74) is 4.10. The number of carbonyl (C=O) groups is 1. The Morgan fingerprint density at radius 2 is 1.72 bits per heavy atom. The zero-order valence-corrected chi connectivity index (χ0v) is 18.1. The molecule has 1 N–H and O–H groups in total. The molecule has 1 amide bonds. The summed E-state index contributed by atoms with van der Waals surface area (Å²) in [7, 11) is 1.81. The maximum absolute atomic E-state index is 12.8. The standard InChI is InChI=1S/C23H27N3O2S/c1-16(2)19-12-10-18(11-13-19)14-29-15-21(27)24-22-17(3)25(4)26(23(22)28)20-8-6-5-7-9-20/h5-13,16H,14-15H2,1-4H3,(H,24,27). The van der Waals surface area contributed by atoms with Crippen LogP contribution in [0.4, 0.5) is 5.69 Å². The van der Waals surface area contributed by atoms with Crippen molar-refractivity contribution in [3.63, 3.8) is 0 Å². The van der Waals surface area contributed by atoms with Crippen LogP contribution in [0.25, 0.3) is 5.69 Å². The predicted octanol–water partition coefficient (Wildman–Crippen LogP) is 4.48. The van der Waals surface area contributed by atoms with Gasteiger partial charge in [0.2, 0.25) is 5.91 Å². The maximum atomic E-state index is 12.8. The van der Waals surface area contributed by atoms with Crippen molar-refractivity contribution in [1.82, 2.24) is 9.36 Å². The number of anilines is 1. The van der Waals surface area contributed by atoms with E-state index < -0.39 is 0 Å². The van der Waals surface area contributed by atoms with E-state index in [4.69, 9.17) is 0 Å². The van der Waals surface area contributed by atoms with E-state index in [0.717, 1.165) is 17.1 Å². The highest BCUT2D eigenvalue weighted by Crippen LogP contribution is 2.19. The van der Waals surface area contributed by atoms with E-state index in [0.29, 0.717) is 17.4 Å². The van der Waals surface area contributed by atoms with Crippen LogP contribution in [0.3, 0.4) is 0 Å². The average Bonchev–Trinajstić information content (AvgIpc) is 2.92. The molecule has 5 nitrogen and oxygen atoms in total. The second kappa shape index (κ2) is 9.18. The van der Waals surface area contributed by atoms with Gasteiger partial charge in [0.25, 0.3) is 5.56 Å². The number of thioether (sulfide) groups is 1. The second-order valence-corrected chi connectivity index (χ2v) is 8.36. The van der Waals surface area contributed by atoms with Crippen LogP contribution in [0.15, 0.2) is 59.4 Å². The first-order valence-corrected chi connectivity index (χ1v) is 10.8. The highest BCUT2D eigenvalue weighted by molar-refractivity contribution is 7.99. The van der Waals surface area contributed by atoms with Crippen LogP contribution in [0, 0.1) is 6.92 Å². The summed E-state index contributed by atoms with van der Waals surface area (Å²) < 4.78 is 3.32. The van der Waals surface area contributed by atoms with Crippen molar-refractivity contribution in [2.45, 2.75) is 32.4 Å². The van der Waals surface area contributed by atoms with Gasteiger partial charge in [0.1, 0.15) is 5.69 Å². The van der Waals surface area contributed by atoms with Gasteiger partial charge < -0.3 is 5.32 Å². The van der Waals surface area contributed by atoms with Crippen LogP contribution in [0.2, 0.25) is 0 Å². The van der Waals surface area contributed by atoms with Gasteiger partial charge in [-0.25, -0.2) is 4.68 Å². The quantitative estimate of drug-likeness (QED) is 0.626. The Bertz CT molecular complexity index is 1030. The number of para-hydroxylation sites is 1. The van der Waals surface area contributed by atoms with Gasteiger partial charge in [0.05, 0.1) is 17.1 Å². The van der Waals surface area contributed by atoms with Gasteiger partial charge in [-0.05, 0) is 36.1 Å². The summed E-state index contributed by atoms with van der Waals surface area (Å²) in [6.45, 7) is 6.18. The molecule has 0 atom stereocenters. The van der Waals surface area contributed by atoms with Crippen LogP contribution in [-0.2, 0) is 17.6 Å². The zero-order chi connectivity index (χ0) is 21.0. The maximum Gasteiger partial charge on any atom is 0.295 e. The van der Waals surface area contributed by atoms with Crippen molar-refractivity contribution >= 4 is 23.4 Å². The molecule has 29 heavy (non-hydrogen) atoms. The van der Waals surface area contributed by atoms with Crippen LogP contribution in [0.5, 0.6) is 0 Å². The summed E-state index contributed by atoms with van der Waals surface area (Å²) >= 11 is 1.54. The average molecular weight is 410 g/mol. The fourth-order valence-corrected chi connectivity index (χ4v) is 3.94. The minimum Gasteiger partial charge on any atom is -0.319 e. The van der Waals surface area contributed by atoms with Gasteiger partial charge in [0, 0.05) is 12.8 Å². The summed E-state index contributed by atoms with van der Waals surface area (Å²) in [4.78, 5) is 25.3. The molecule has 0 fully saturated rings. The van der Waals surface area contributed by atoms with E-state index in [1.54, 1.807) is 9.36 Å². The highest BCUT2D eigenvalue weighted by Gasteiger charge is 2.18. The third-order valence-corrected chi connectivity index (χ3v) is 5.97. The summed E-state index contributed by atoms with van der Waals surface area (Å²) in [5, 5.41) is 2.81. The lowest BCUT2D eigenvalue weighted by atomic mass is 10.0. The number of hydrogen-bond acceptors (Lipinski definition) is 3. The fourth-order valence-electron chi connectivity index (χ4n) is 3.15. The Balaban J connectivity index is 1.63. The van der Waals surface area contributed by atoms with Gasteiger partial charge in [-0.1, -0.05) is 56.3 Å². The van der Waals surface area contributed by atoms with Crippen molar-refractivity contribution in [1.29, 1.82) is 0 Å². The lowest BCUT2D eigenvalue weighted by Crippen LogP contribution is -2.23. The Kier molecular flexibility index (Phi) is 6.64. The van der Waals surface area contributed by atoms with Gasteiger partial charge in [0.15, 0.2) is 0 Å². The number of amides is 1. The second-order valence-electron chi connectivity index (χ2n) is 7.37. The van der Waals surface area contributed by atoms with E-state index in [-0.39, 0.29) is 11.5 Å². The van der Waals surface area contributed by atoms with E-state index in [9.17, 15) is 9.59 Å². The third kappa shape index (κ3) is 4.82. The van der Waals surface area contributed by atoms with E-state index in [1.807, 2.05) is 44.3 Å². The molecular weight excluding hydrogens is 382 g/mol. The molecule has 152 valence electrons. The van der Waals surface area contributed by atoms with Crippen LogP contribution in [-0.4, -0.2) is 21.0 Å². The fraction of sp³-hybridized carbons (Fsp3) is 0.304. The predicted molar refractivity (Wildman–Crippen MR) is 121 cm³/mol. The minimum atomic E-state index is -0.223. The number of hydrogen-bond donors (Lipinski definition) is 1. The number of carbonyl (C=O) groups excluding carboxylic acids is 1. The van der Waals surface area contributed by atoms with Crippen molar-refractivity contribution in [2.24, 2.45) is 7.05 Å². The Morgan fingerprint density at radius 1 is 1.07 bits per heavy atom. The largest absolute Gasteiger partial charge is 0.319 e. The molecule has 1 heterocycles. The van der Waals surface area contributed by atoms with Crippen molar-refractivity contribution < 1.29 is 4.79 Å². The molecule has 3 rings (SSSR count). The first-order chi connectivity index (χ1) is 13.9. The molecule has 1 aromatic heterocycles. The summed E-state index contributed by atoms with van der Waals surface area (Å²) in [6, 6.07) is 17.9. The van der Waals surface area contributed by atoms with Crippen LogP contribution < -0.4 is 10.9 Å². The molecule has 0 saturated heterocycles. The molecular formula is C23H27N3O2S. The molecule has 0 bridgehead atoms. The van der Waals surface area contributed by atoms with Crippen molar-refractivity contribution in [2.75, 3.05) is 11.1 Å². The van der Waals surface area contributed by atoms with E-state index in [1.165, 1.54) is 22.9 Å². The van der Waals surface area contributed by atoms with Gasteiger partial charge in [-0.15, -0.1) is 11.8 Å². The summed E-state index contributed by atoms with van der Waals surface area (Å²) in [5.74, 6) is 1.40. The molecule has 0 saturated carbocycles. The van der Waals surface area contributed by atoms with E-state index >= 15 is 0 Å². The van der Waals surface area contributed by atoms with Gasteiger partial charge >= 0.3 is 0 Å². The molecule has 3 aromatic rings. The molecule has 0 unspecified atom stereocenters. The Morgan fingerprint density at radius 3 is 2.34 bits per heavy atom. The molecule has 0 spiro atoms. The number of aromatic nitrogens is 2. The smallest absolute Gasteiger partial charge is 0.295 e. The lowest BCUT2D eigenvalue weighted by molar-refractivity contribution is -0.113.